The van der Waals surface area contributed by atoms with Crippen molar-refractivity contribution >= 4 is 17.0 Å². The van der Waals surface area contributed by atoms with Gasteiger partial charge in [-0.3, -0.25) is 0 Å². The first-order valence-electron chi connectivity index (χ1n) is 2.81. The van der Waals surface area contributed by atoms with Crippen molar-refractivity contribution in [1.82, 2.24) is 0 Å². The van der Waals surface area contributed by atoms with Crippen molar-refractivity contribution in [3.8, 4) is 0 Å². The van der Waals surface area contributed by atoms with Crippen molar-refractivity contribution in [3.05, 3.63) is 35.8 Å². The largest absolute Gasteiger partial charge is 0.225 e. The molecular formula is C7H6NS+. The molecule has 0 spiro atoms. The molecule has 1 nitrogen and oxygen atoms in total. The van der Waals surface area contributed by atoms with Gasteiger partial charge in [-0.2, -0.15) is 0 Å². The topological polar surface area (TPSA) is 4.10 Å². The maximum absolute atomic E-state index is 2.12. The molecule has 44 valence electrons. The highest BCUT2D eigenvalue weighted by Gasteiger charge is 1.97. The first-order chi connectivity index (χ1) is 4.47. The lowest BCUT2D eigenvalue weighted by Gasteiger charge is -1.74. The van der Waals surface area contributed by atoms with Gasteiger partial charge in [-0.15, -0.1) is 3.79 Å². The molecule has 0 unspecified atom stereocenters. The maximum Gasteiger partial charge on any atom is 0.225 e. The second-order valence-corrected chi connectivity index (χ2v) is 2.74. The lowest BCUT2D eigenvalue weighted by molar-refractivity contribution is -0.431. The van der Waals surface area contributed by atoms with Gasteiger partial charge in [-0.05, 0) is 6.07 Å². The van der Waals surface area contributed by atoms with Crippen LogP contribution in [0.2, 0.25) is 0 Å². The van der Waals surface area contributed by atoms with Crippen LogP contribution in [0.5, 0.6) is 0 Å². The third-order valence-electron chi connectivity index (χ3n) is 1.27. The Morgan fingerprint density at radius 1 is 1.22 bits per heavy atom. The number of nitrogens with zero attached hydrogens (tertiary/aromatic N) is 1. The fourth-order valence-electron chi connectivity index (χ4n) is 0.832. The van der Waals surface area contributed by atoms with Crippen LogP contribution < -0.4 is 3.79 Å². The molecule has 0 radical (unpaired) electrons. The van der Waals surface area contributed by atoms with E-state index < -0.39 is 0 Å². The standard InChI is InChI=1S/C7H6NS/c1-2-5-8-7(3-1)4-6-9-8/h1-6H/q+1. The number of fused-ring (bicyclic) bond motifs is 1. The van der Waals surface area contributed by atoms with Crippen LogP contribution in [0, 0.1) is 0 Å². The van der Waals surface area contributed by atoms with Gasteiger partial charge in [0.15, 0.2) is 6.20 Å². The second-order valence-electron chi connectivity index (χ2n) is 1.86. The first kappa shape index (κ1) is 4.94. The minimum absolute atomic E-state index is 1.27. The van der Waals surface area contributed by atoms with Gasteiger partial charge in [-0.1, -0.05) is 0 Å². The summed E-state index contributed by atoms with van der Waals surface area (Å²) in [4.78, 5) is 0. The molecule has 0 saturated heterocycles. The Kier molecular flexibility index (Phi) is 0.993. The van der Waals surface area contributed by atoms with Gasteiger partial charge in [-0.25, -0.2) is 0 Å². The van der Waals surface area contributed by atoms with Crippen LogP contribution in [0.1, 0.15) is 0 Å². The van der Waals surface area contributed by atoms with Gasteiger partial charge in [0.1, 0.15) is 11.5 Å². The van der Waals surface area contributed by atoms with E-state index in [4.69, 9.17) is 0 Å². The fourth-order valence-corrected chi connectivity index (χ4v) is 1.55. The van der Waals surface area contributed by atoms with E-state index in [1.165, 1.54) is 5.52 Å². The molecule has 2 heterocycles. The zero-order chi connectivity index (χ0) is 6.10. The molecular weight excluding hydrogens is 130 g/mol. The molecule has 0 amide bonds. The van der Waals surface area contributed by atoms with E-state index in [0.29, 0.717) is 0 Å². The van der Waals surface area contributed by atoms with Crippen LogP contribution in [0.3, 0.4) is 0 Å². The average molecular weight is 136 g/mol. The van der Waals surface area contributed by atoms with Gasteiger partial charge < -0.3 is 0 Å². The molecule has 2 aromatic rings. The van der Waals surface area contributed by atoms with Gasteiger partial charge in [0.05, 0.1) is 5.38 Å². The van der Waals surface area contributed by atoms with E-state index >= 15 is 0 Å². The van der Waals surface area contributed by atoms with Crippen LogP contribution >= 0.6 is 11.5 Å². The zero-order valence-corrected chi connectivity index (χ0v) is 5.64. The van der Waals surface area contributed by atoms with Crippen LogP contribution in [-0.2, 0) is 0 Å². The van der Waals surface area contributed by atoms with Crippen LogP contribution in [0.15, 0.2) is 35.8 Å². The molecule has 0 aliphatic heterocycles. The highest BCUT2D eigenvalue weighted by molar-refractivity contribution is 6.99. The molecule has 0 aromatic carbocycles. The molecule has 0 N–H and O–H groups in total. The first-order valence-corrected chi connectivity index (χ1v) is 3.65. The monoisotopic (exact) mass is 136 g/mol. The Bertz CT molecular complexity index is 283. The van der Waals surface area contributed by atoms with Crippen molar-refractivity contribution < 1.29 is 3.79 Å². The molecule has 9 heavy (non-hydrogen) atoms. The summed E-state index contributed by atoms with van der Waals surface area (Å²) in [7, 11) is 0. The number of hydrogen-bond donors (Lipinski definition) is 0. The number of rotatable bonds is 0. The predicted octanol–water partition coefficient (Wildman–Crippen LogP) is 1.49. The van der Waals surface area contributed by atoms with E-state index in [-0.39, 0.29) is 0 Å². The van der Waals surface area contributed by atoms with Gasteiger partial charge in [0, 0.05) is 18.2 Å². The minimum atomic E-state index is 1.27. The van der Waals surface area contributed by atoms with Gasteiger partial charge in [0.25, 0.3) is 0 Å². The van der Waals surface area contributed by atoms with Gasteiger partial charge >= 0.3 is 0 Å². The molecule has 0 bridgehead atoms. The highest BCUT2D eigenvalue weighted by Crippen LogP contribution is 1.97. The normalized spacial score (nSPS) is 10.2. The van der Waals surface area contributed by atoms with Crippen molar-refractivity contribution in [3.63, 3.8) is 0 Å². The summed E-state index contributed by atoms with van der Waals surface area (Å²) < 4.78 is 2.12. The number of hydrogen-bond acceptors (Lipinski definition) is 1. The molecule has 0 fully saturated rings. The predicted molar refractivity (Wildman–Crippen MR) is 37.5 cm³/mol. The van der Waals surface area contributed by atoms with Crippen molar-refractivity contribution in [2.75, 3.05) is 0 Å². The zero-order valence-electron chi connectivity index (χ0n) is 4.82. The summed E-state index contributed by atoms with van der Waals surface area (Å²) in [6, 6.07) is 8.27. The summed E-state index contributed by atoms with van der Waals surface area (Å²) in [5, 5.41) is 2.08. The second kappa shape index (κ2) is 1.81. The van der Waals surface area contributed by atoms with Crippen molar-refractivity contribution in [1.29, 1.82) is 0 Å². The SMILES string of the molecule is c1cc[n+]2sccc2c1. The Balaban J connectivity index is 2.95. The Morgan fingerprint density at radius 3 is 3.11 bits per heavy atom. The number of aromatic nitrogens is 1. The molecule has 2 aromatic heterocycles. The van der Waals surface area contributed by atoms with E-state index in [0.717, 1.165) is 0 Å². The van der Waals surface area contributed by atoms with Gasteiger partial charge in [0.2, 0.25) is 5.52 Å². The van der Waals surface area contributed by atoms with Crippen molar-refractivity contribution in [2.45, 2.75) is 0 Å². The molecule has 0 saturated carbocycles. The van der Waals surface area contributed by atoms with Crippen molar-refractivity contribution in [2.24, 2.45) is 0 Å². The average Bonchev–Trinajstić information content (AvgIpc) is 2.33. The molecule has 2 heteroatoms. The highest BCUT2D eigenvalue weighted by atomic mass is 32.1. The lowest BCUT2D eigenvalue weighted by atomic mass is 10.4. The lowest BCUT2D eigenvalue weighted by Crippen LogP contribution is -2.11. The summed E-state index contributed by atoms with van der Waals surface area (Å²) in [6.45, 7) is 0. The third kappa shape index (κ3) is 0.715. The van der Waals surface area contributed by atoms with E-state index in [1.807, 2.05) is 12.1 Å². The smallest absolute Gasteiger partial charge is 0.103 e. The summed E-state index contributed by atoms with van der Waals surface area (Å²) in [6.07, 6.45) is 2.06. The third-order valence-corrected chi connectivity index (χ3v) is 2.08. The number of pyridine rings is 1. The fraction of sp³-hybridized carbons (Fsp3) is 0. The maximum atomic E-state index is 2.12. The quantitative estimate of drug-likeness (QED) is 0.483. The summed E-state index contributed by atoms with van der Waals surface area (Å²) in [5.41, 5.74) is 1.27. The summed E-state index contributed by atoms with van der Waals surface area (Å²) >= 11 is 1.70. The van der Waals surface area contributed by atoms with Crippen LogP contribution in [-0.4, -0.2) is 0 Å². The molecule has 0 aliphatic rings. The molecule has 0 atom stereocenters. The molecule has 0 aliphatic carbocycles. The molecule has 2 rings (SSSR count). The Labute approximate surface area is 57.3 Å². The van der Waals surface area contributed by atoms with Crippen LogP contribution in [0.4, 0.5) is 0 Å². The summed E-state index contributed by atoms with van der Waals surface area (Å²) in [5.74, 6) is 0. The Hall–Kier alpha value is -0.890. The minimum Gasteiger partial charge on any atom is -0.103 e. The van der Waals surface area contributed by atoms with E-state index in [9.17, 15) is 0 Å². The van der Waals surface area contributed by atoms with E-state index in [1.54, 1.807) is 11.5 Å². The van der Waals surface area contributed by atoms with E-state index in [2.05, 4.69) is 27.5 Å². The Morgan fingerprint density at radius 2 is 2.22 bits per heavy atom. The van der Waals surface area contributed by atoms with Crippen LogP contribution in [0.25, 0.3) is 5.52 Å².